The molecule has 0 aliphatic carbocycles. The lowest BCUT2D eigenvalue weighted by atomic mass is 9.83. The molecule has 0 N–H and O–H groups in total. The molecule has 35 heavy (non-hydrogen) atoms. The van der Waals surface area contributed by atoms with E-state index in [1.165, 1.54) is 33.2 Å². The van der Waals surface area contributed by atoms with Crippen LogP contribution >= 0.6 is 0 Å². The molecule has 2 aromatic rings. The Kier molecular flexibility index (Phi) is 9.39. The highest BCUT2D eigenvalue weighted by Gasteiger charge is 2.33. The molecule has 0 saturated carbocycles. The van der Waals surface area contributed by atoms with Gasteiger partial charge in [-0.1, -0.05) is 20.8 Å². The normalized spacial score (nSPS) is 13.7. The fourth-order valence-electron chi connectivity index (χ4n) is 3.84. The van der Waals surface area contributed by atoms with Gasteiger partial charge in [0.05, 0.1) is 13.0 Å². The van der Waals surface area contributed by atoms with Crippen LogP contribution in [-0.4, -0.2) is 35.9 Å². The number of methoxy groups -OCH3 is 1. The van der Waals surface area contributed by atoms with Gasteiger partial charge in [-0.15, -0.1) is 0 Å². The number of rotatable bonds is 10. The van der Waals surface area contributed by atoms with Crippen molar-refractivity contribution < 1.29 is 41.8 Å². The number of halogens is 3. The van der Waals surface area contributed by atoms with Crippen molar-refractivity contribution in [3.8, 4) is 11.5 Å². The van der Waals surface area contributed by atoms with E-state index in [0.29, 0.717) is 12.1 Å². The summed E-state index contributed by atoms with van der Waals surface area (Å²) in [6.07, 6.45) is -0.0320. The van der Waals surface area contributed by atoms with Crippen LogP contribution in [0, 0.1) is 29.3 Å². The fraction of sp³-hybridized carbons (Fsp3) is 0.440. The van der Waals surface area contributed by atoms with Crippen molar-refractivity contribution in [1.82, 2.24) is 4.98 Å². The maximum absolute atomic E-state index is 14.4. The molecule has 1 heterocycles. The zero-order valence-electron chi connectivity index (χ0n) is 20.4. The zero-order valence-corrected chi connectivity index (χ0v) is 20.4. The van der Waals surface area contributed by atoms with Crippen molar-refractivity contribution in [3.63, 3.8) is 0 Å². The maximum atomic E-state index is 14.4. The lowest BCUT2D eigenvalue weighted by Crippen LogP contribution is -2.30. The summed E-state index contributed by atoms with van der Waals surface area (Å²) in [5, 5.41) is 0. The second-order valence-corrected chi connectivity index (χ2v) is 8.51. The molecule has 10 heteroatoms. The maximum Gasteiger partial charge on any atom is 0.309 e. The number of aromatic nitrogens is 1. The van der Waals surface area contributed by atoms with Gasteiger partial charge < -0.3 is 14.2 Å². The first kappa shape index (κ1) is 27.8. The summed E-state index contributed by atoms with van der Waals surface area (Å²) < 4.78 is 57.8. The van der Waals surface area contributed by atoms with Crippen LogP contribution in [0.5, 0.6) is 11.5 Å². The van der Waals surface area contributed by atoms with E-state index in [4.69, 9.17) is 14.2 Å². The Labute approximate surface area is 201 Å². The van der Waals surface area contributed by atoms with Gasteiger partial charge in [-0.3, -0.25) is 14.4 Å². The summed E-state index contributed by atoms with van der Waals surface area (Å²) >= 11 is 0. The summed E-state index contributed by atoms with van der Waals surface area (Å²) in [4.78, 5) is 41.0. The highest BCUT2D eigenvalue weighted by molar-refractivity contribution is 5.99. The highest BCUT2D eigenvalue weighted by atomic mass is 19.1. The molecule has 1 aromatic heterocycles. The van der Waals surface area contributed by atoms with Crippen molar-refractivity contribution in [3.05, 3.63) is 53.1 Å². The number of hydrogen-bond acceptors (Lipinski definition) is 7. The smallest absolute Gasteiger partial charge is 0.309 e. The van der Waals surface area contributed by atoms with Gasteiger partial charge in [0, 0.05) is 49.2 Å². The molecule has 0 amide bonds. The van der Waals surface area contributed by atoms with E-state index in [1.807, 2.05) is 0 Å². The van der Waals surface area contributed by atoms with Crippen LogP contribution in [-0.2, 0) is 14.3 Å². The van der Waals surface area contributed by atoms with E-state index >= 15 is 0 Å². The Morgan fingerprint density at radius 3 is 2.14 bits per heavy atom. The summed E-state index contributed by atoms with van der Waals surface area (Å²) in [5.41, 5.74) is -0.570. The lowest BCUT2D eigenvalue weighted by molar-refractivity contribution is -0.154. The van der Waals surface area contributed by atoms with E-state index in [1.54, 1.807) is 13.8 Å². The predicted molar refractivity (Wildman–Crippen MR) is 120 cm³/mol. The summed E-state index contributed by atoms with van der Waals surface area (Å²) in [5.74, 6) is -7.55. The van der Waals surface area contributed by atoms with Gasteiger partial charge in [0.25, 0.3) is 0 Å². The van der Waals surface area contributed by atoms with E-state index in [-0.39, 0.29) is 35.1 Å². The molecule has 0 spiro atoms. The number of carbonyl (C=O) groups is 3. The first-order valence-electron chi connectivity index (χ1n) is 11.0. The molecule has 0 fully saturated rings. The molecule has 3 atom stereocenters. The van der Waals surface area contributed by atoms with Crippen LogP contribution in [0.2, 0.25) is 0 Å². The van der Waals surface area contributed by atoms with Crippen molar-refractivity contribution in [2.45, 2.75) is 53.1 Å². The van der Waals surface area contributed by atoms with Gasteiger partial charge in [-0.05, 0) is 12.8 Å². The largest absolute Gasteiger partial charge is 0.493 e. The van der Waals surface area contributed by atoms with E-state index in [9.17, 15) is 27.6 Å². The van der Waals surface area contributed by atoms with Gasteiger partial charge in [0.15, 0.2) is 17.2 Å². The minimum atomic E-state index is -1.07. The highest BCUT2D eigenvalue weighted by Crippen LogP contribution is 2.35. The van der Waals surface area contributed by atoms with Crippen LogP contribution < -0.4 is 9.47 Å². The predicted octanol–water partition coefficient (Wildman–Crippen LogP) is 5.01. The summed E-state index contributed by atoms with van der Waals surface area (Å²) in [6, 6.07) is 2.56. The average Bonchev–Trinajstić information content (AvgIpc) is 2.75. The van der Waals surface area contributed by atoms with Crippen molar-refractivity contribution in [2.75, 3.05) is 7.11 Å². The van der Waals surface area contributed by atoms with Crippen LogP contribution in [0.4, 0.5) is 13.2 Å². The van der Waals surface area contributed by atoms with Gasteiger partial charge in [0.1, 0.15) is 23.6 Å². The first-order valence-corrected chi connectivity index (χ1v) is 11.0. The SMILES string of the molecule is COc1ccnc(C(=O)C[C@@H](C)C(=O)O[C@@H](C)[C@H](c2c(F)cc(F)cc2F)C(C)C)c1OC(C)=O. The van der Waals surface area contributed by atoms with Crippen molar-refractivity contribution in [2.24, 2.45) is 11.8 Å². The number of pyridine rings is 1. The Hall–Kier alpha value is -3.43. The molecule has 190 valence electrons. The van der Waals surface area contributed by atoms with Crippen molar-refractivity contribution >= 4 is 17.7 Å². The van der Waals surface area contributed by atoms with Crippen LogP contribution in [0.15, 0.2) is 24.4 Å². The number of ether oxygens (including phenoxy) is 3. The molecule has 0 radical (unpaired) electrons. The van der Waals surface area contributed by atoms with E-state index < -0.39 is 53.1 Å². The summed E-state index contributed by atoms with van der Waals surface area (Å²) in [6.45, 7) is 7.45. The third-order valence-corrected chi connectivity index (χ3v) is 5.40. The molecule has 0 aliphatic rings. The standard InChI is InChI=1S/C25H28F3NO6/c1-12(2)21(22-17(27)10-16(26)11-18(22)28)14(4)34-25(32)13(3)9-19(31)23-24(35-15(5)30)20(33-6)7-8-29-23/h7-8,10-14,21H,9H2,1-6H3/t13-,14+,21-/m1/s1. The minimum absolute atomic E-state index is 0.116. The molecular weight excluding hydrogens is 467 g/mol. The molecule has 2 rings (SSSR count). The lowest BCUT2D eigenvalue weighted by Gasteiger charge is -2.29. The Morgan fingerprint density at radius 2 is 1.63 bits per heavy atom. The number of Topliss-reactive ketones (excluding diaryl/α,β-unsaturated/α-hetero) is 1. The Morgan fingerprint density at radius 1 is 1.03 bits per heavy atom. The number of benzene rings is 1. The number of esters is 2. The van der Waals surface area contributed by atoms with E-state index in [0.717, 1.165) is 6.92 Å². The third-order valence-electron chi connectivity index (χ3n) is 5.40. The molecular formula is C25H28F3NO6. The second kappa shape index (κ2) is 11.8. The molecule has 7 nitrogen and oxygen atoms in total. The summed E-state index contributed by atoms with van der Waals surface area (Å²) in [7, 11) is 1.33. The Bertz CT molecular complexity index is 1080. The molecule has 0 saturated heterocycles. The molecule has 1 aromatic carbocycles. The number of nitrogens with zero attached hydrogens (tertiary/aromatic N) is 1. The number of ketones is 1. The number of carbonyl (C=O) groups excluding carboxylic acids is 3. The van der Waals surface area contributed by atoms with Crippen LogP contribution in [0.3, 0.4) is 0 Å². The van der Waals surface area contributed by atoms with E-state index in [2.05, 4.69) is 4.98 Å². The Balaban J connectivity index is 2.20. The third kappa shape index (κ3) is 6.80. The number of hydrogen-bond donors (Lipinski definition) is 0. The topological polar surface area (TPSA) is 91.8 Å². The molecule has 0 aliphatic heterocycles. The van der Waals surface area contributed by atoms with Crippen LogP contribution in [0.25, 0.3) is 0 Å². The molecule has 0 bridgehead atoms. The first-order chi connectivity index (χ1) is 16.4. The van der Waals surface area contributed by atoms with Gasteiger partial charge >= 0.3 is 11.9 Å². The monoisotopic (exact) mass is 495 g/mol. The fourth-order valence-corrected chi connectivity index (χ4v) is 3.84. The van der Waals surface area contributed by atoms with Gasteiger partial charge in [-0.2, -0.15) is 0 Å². The van der Waals surface area contributed by atoms with Crippen LogP contribution in [0.1, 0.15) is 63.0 Å². The van der Waals surface area contributed by atoms with Gasteiger partial charge in [-0.25, -0.2) is 18.2 Å². The van der Waals surface area contributed by atoms with Crippen molar-refractivity contribution in [1.29, 1.82) is 0 Å². The minimum Gasteiger partial charge on any atom is -0.493 e. The average molecular weight is 495 g/mol. The van der Waals surface area contributed by atoms with Gasteiger partial charge in [0.2, 0.25) is 5.75 Å². The molecule has 0 unspecified atom stereocenters. The zero-order chi connectivity index (χ0) is 26.4. The quantitative estimate of drug-likeness (QED) is 0.338. The second-order valence-electron chi connectivity index (χ2n) is 8.51.